The fraction of sp³-hybridized carbons (Fsp3) is 0.917. The molecule has 0 saturated carbocycles. The minimum Gasteiger partial charge on any atom is -0.328 e. The molecule has 2 unspecified atom stereocenters. The van der Waals surface area contributed by atoms with Gasteiger partial charge in [0.05, 0.1) is 6.04 Å². The van der Waals surface area contributed by atoms with Gasteiger partial charge in [-0.25, -0.2) is 4.79 Å². The summed E-state index contributed by atoms with van der Waals surface area (Å²) in [7, 11) is 1.89. The van der Waals surface area contributed by atoms with Gasteiger partial charge in [-0.3, -0.25) is 0 Å². The Hall–Kier alpha value is -0.770. The second-order valence-electron chi connectivity index (χ2n) is 5.99. The Morgan fingerprint density at radius 1 is 1.50 bits per heavy atom. The van der Waals surface area contributed by atoms with Crippen molar-refractivity contribution in [3.63, 3.8) is 0 Å². The molecule has 0 aromatic carbocycles. The first-order chi connectivity index (χ1) is 7.23. The zero-order valence-electron chi connectivity index (χ0n) is 11.2. The van der Waals surface area contributed by atoms with Crippen molar-refractivity contribution in [2.24, 2.45) is 11.1 Å². The van der Waals surface area contributed by atoms with Crippen molar-refractivity contribution < 1.29 is 4.79 Å². The van der Waals surface area contributed by atoms with Crippen LogP contribution in [0.1, 0.15) is 34.1 Å². The van der Waals surface area contributed by atoms with Gasteiger partial charge in [0.25, 0.3) is 0 Å². The number of hydrogen-bond donors (Lipinski definition) is 1. The number of nitrogens with zero attached hydrogens (tertiary/aromatic N) is 2. The molecular weight excluding hydrogens is 202 g/mol. The molecule has 94 valence electrons. The van der Waals surface area contributed by atoms with E-state index in [0.29, 0.717) is 6.04 Å². The Morgan fingerprint density at radius 2 is 2.06 bits per heavy atom. The van der Waals surface area contributed by atoms with Crippen LogP contribution in [0.2, 0.25) is 0 Å². The summed E-state index contributed by atoms with van der Waals surface area (Å²) in [6.45, 7) is 10.1. The quantitative estimate of drug-likeness (QED) is 0.794. The van der Waals surface area contributed by atoms with Crippen molar-refractivity contribution in [3.05, 3.63) is 0 Å². The van der Waals surface area contributed by atoms with E-state index in [2.05, 4.69) is 20.8 Å². The van der Waals surface area contributed by atoms with Crippen molar-refractivity contribution in [1.82, 2.24) is 9.80 Å². The Kier molecular flexibility index (Phi) is 3.84. The number of carbonyl (C=O) groups is 1. The van der Waals surface area contributed by atoms with Gasteiger partial charge < -0.3 is 15.5 Å². The average molecular weight is 227 g/mol. The van der Waals surface area contributed by atoms with Gasteiger partial charge in [-0.2, -0.15) is 0 Å². The van der Waals surface area contributed by atoms with Crippen molar-refractivity contribution in [1.29, 1.82) is 0 Å². The maximum atomic E-state index is 12.0. The monoisotopic (exact) mass is 227 g/mol. The smallest absolute Gasteiger partial charge is 0.320 e. The maximum absolute atomic E-state index is 12.0. The Bertz CT molecular complexity index is 257. The Labute approximate surface area is 98.8 Å². The number of likely N-dealkylation sites (N-methyl/N-ethyl adjacent to an activating group) is 1. The van der Waals surface area contributed by atoms with E-state index in [0.717, 1.165) is 19.5 Å². The molecule has 0 bridgehead atoms. The van der Waals surface area contributed by atoms with E-state index < -0.39 is 0 Å². The molecular formula is C12H25N3O. The first-order valence-electron chi connectivity index (χ1n) is 6.01. The lowest BCUT2D eigenvalue weighted by molar-refractivity contribution is 0.172. The highest BCUT2D eigenvalue weighted by Gasteiger charge is 2.40. The van der Waals surface area contributed by atoms with Crippen molar-refractivity contribution in [2.75, 3.05) is 20.1 Å². The van der Waals surface area contributed by atoms with Gasteiger partial charge in [-0.05, 0) is 18.8 Å². The standard InChI is InChI=1S/C12H25N3O/c1-9(13)6-7-15-8-10(12(2,3)4)14(5)11(15)16/h9-10H,6-8,13H2,1-5H3. The zero-order chi connectivity index (χ0) is 12.5. The molecule has 0 aromatic rings. The molecule has 2 amide bonds. The van der Waals surface area contributed by atoms with Crippen LogP contribution < -0.4 is 5.73 Å². The maximum Gasteiger partial charge on any atom is 0.320 e. The number of urea groups is 1. The van der Waals surface area contributed by atoms with Crippen molar-refractivity contribution in [2.45, 2.75) is 46.2 Å². The highest BCUT2D eigenvalue weighted by atomic mass is 16.2. The van der Waals surface area contributed by atoms with E-state index in [1.807, 2.05) is 23.8 Å². The van der Waals surface area contributed by atoms with E-state index in [4.69, 9.17) is 5.73 Å². The molecule has 2 N–H and O–H groups in total. The molecule has 0 aromatic heterocycles. The van der Waals surface area contributed by atoms with E-state index >= 15 is 0 Å². The summed E-state index contributed by atoms with van der Waals surface area (Å²) < 4.78 is 0. The van der Waals surface area contributed by atoms with Gasteiger partial charge in [0, 0.05) is 26.2 Å². The number of hydrogen-bond acceptors (Lipinski definition) is 2. The van der Waals surface area contributed by atoms with Crippen molar-refractivity contribution in [3.8, 4) is 0 Å². The molecule has 1 aliphatic rings. The minimum absolute atomic E-state index is 0.132. The summed E-state index contributed by atoms with van der Waals surface area (Å²) >= 11 is 0. The SMILES string of the molecule is CC(N)CCN1CC(C(C)(C)C)N(C)C1=O. The fourth-order valence-electron chi connectivity index (χ4n) is 2.17. The predicted octanol–water partition coefficient (Wildman–Crippen LogP) is 1.51. The molecule has 16 heavy (non-hydrogen) atoms. The highest BCUT2D eigenvalue weighted by Crippen LogP contribution is 2.29. The zero-order valence-corrected chi connectivity index (χ0v) is 11.2. The van der Waals surface area contributed by atoms with E-state index in [1.165, 1.54) is 0 Å². The van der Waals surface area contributed by atoms with Gasteiger partial charge in [-0.1, -0.05) is 20.8 Å². The average Bonchev–Trinajstić information content (AvgIpc) is 2.40. The van der Waals surface area contributed by atoms with Crippen LogP contribution in [0, 0.1) is 5.41 Å². The Morgan fingerprint density at radius 3 is 2.44 bits per heavy atom. The number of nitrogens with two attached hydrogens (primary N) is 1. The van der Waals surface area contributed by atoms with Gasteiger partial charge in [0.15, 0.2) is 0 Å². The van der Waals surface area contributed by atoms with Gasteiger partial charge >= 0.3 is 6.03 Å². The third-order valence-corrected chi connectivity index (χ3v) is 3.29. The molecule has 1 rings (SSSR count). The topological polar surface area (TPSA) is 49.6 Å². The highest BCUT2D eigenvalue weighted by molar-refractivity contribution is 5.77. The molecule has 0 radical (unpaired) electrons. The molecule has 1 heterocycles. The molecule has 1 fully saturated rings. The fourth-order valence-corrected chi connectivity index (χ4v) is 2.17. The molecule has 2 atom stereocenters. The van der Waals surface area contributed by atoms with Crippen LogP contribution in [0.4, 0.5) is 4.79 Å². The number of amides is 2. The summed E-state index contributed by atoms with van der Waals surface area (Å²) in [6, 6.07) is 0.598. The molecule has 4 nitrogen and oxygen atoms in total. The van der Waals surface area contributed by atoms with Gasteiger partial charge in [-0.15, -0.1) is 0 Å². The molecule has 0 spiro atoms. The summed E-state index contributed by atoms with van der Waals surface area (Å²) in [6.07, 6.45) is 0.871. The first kappa shape index (κ1) is 13.3. The lowest BCUT2D eigenvalue weighted by Gasteiger charge is -2.31. The van der Waals surface area contributed by atoms with Crippen LogP contribution in [0.3, 0.4) is 0 Å². The summed E-state index contributed by atoms with van der Waals surface area (Å²) in [5.41, 5.74) is 5.85. The van der Waals surface area contributed by atoms with E-state index in [9.17, 15) is 4.79 Å². The van der Waals surface area contributed by atoms with Crippen LogP contribution in [-0.2, 0) is 0 Å². The van der Waals surface area contributed by atoms with Crippen LogP contribution in [0.15, 0.2) is 0 Å². The second kappa shape index (κ2) is 4.62. The normalized spacial score (nSPS) is 24.1. The molecule has 1 saturated heterocycles. The number of carbonyl (C=O) groups excluding carboxylic acids is 1. The third kappa shape index (κ3) is 2.88. The summed E-state index contributed by atoms with van der Waals surface area (Å²) in [5.74, 6) is 0. The predicted molar refractivity (Wildman–Crippen MR) is 66.2 cm³/mol. The van der Waals surface area contributed by atoms with Gasteiger partial charge in [0.1, 0.15) is 0 Å². The van der Waals surface area contributed by atoms with Crippen LogP contribution in [-0.4, -0.2) is 48.1 Å². The van der Waals surface area contributed by atoms with Crippen LogP contribution in [0.5, 0.6) is 0 Å². The van der Waals surface area contributed by atoms with E-state index in [1.54, 1.807) is 0 Å². The van der Waals surface area contributed by atoms with Crippen molar-refractivity contribution >= 4 is 6.03 Å². The first-order valence-corrected chi connectivity index (χ1v) is 6.01. The lowest BCUT2D eigenvalue weighted by atomic mass is 9.86. The molecule has 4 heteroatoms. The minimum atomic E-state index is 0.132. The largest absolute Gasteiger partial charge is 0.328 e. The van der Waals surface area contributed by atoms with Crippen LogP contribution in [0.25, 0.3) is 0 Å². The molecule has 1 aliphatic heterocycles. The van der Waals surface area contributed by atoms with Crippen LogP contribution >= 0.6 is 0 Å². The Balaban J connectivity index is 2.62. The van der Waals surface area contributed by atoms with E-state index in [-0.39, 0.29) is 17.5 Å². The third-order valence-electron chi connectivity index (χ3n) is 3.29. The summed E-state index contributed by atoms with van der Waals surface area (Å²) in [4.78, 5) is 15.8. The summed E-state index contributed by atoms with van der Waals surface area (Å²) in [5, 5.41) is 0. The van der Waals surface area contributed by atoms with Gasteiger partial charge in [0.2, 0.25) is 0 Å². The lowest BCUT2D eigenvalue weighted by Crippen LogP contribution is -2.39. The number of rotatable bonds is 3. The molecule has 0 aliphatic carbocycles. The second-order valence-corrected chi connectivity index (χ2v) is 5.99.